The van der Waals surface area contributed by atoms with Crippen molar-refractivity contribution in [2.75, 3.05) is 24.6 Å². The maximum absolute atomic E-state index is 2.55. The molecule has 0 fully saturated rings. The third-order valence-electron chi connectivity index (χ3n) is 4.41. The third kappa shape index (κ3) is 5.63. The number of benzene rings is 1. The lowest BCUT2D eigenvalue weighted by atomic mass is 10.2. The van der Waals surface area contributed by atoms with Gasteiger partial charge in [0.2, 0.25) is 0 Å². The average Bonchev–Trinajstić information content (AvgIpc) is 3.07. The summed E-state index contributed by atoms with van der Waals surface area (Å²) >= 11 is 2.02. The Morgan fingerprint density at radius 3 is 1.76 bits per heavy atom. The van der Waals surface area contributed by atoms with Gasteiger partial charge in [-0.3, -0.25) is 0 Å². The van der Waals surface area contributed by atoms with Crippen LogP contribution in [0.15, 0.2) is 35.7 Å². The molecule has 25 heavy (non-hydrogen) atoms. The molecular formula is C22H34P2S. The van der Waals surface area contributed by atoms with Gasteiger partial charge in [-0.1, -0.05) is 99.6 Å². The Balaban J connectivity index is 2.53. The van der Waals surface area contributed by atoms with Crippen LogP contribution >= 0.6 is 27.2 Å². The Hall–Kier alpha value is -0.220. The second-order valence-corrected chi connectivity index (χ2v) is 12.4. The van der Waals surface area contributed by atoms with Crippen LogP contribution in [0.1, 0.15) is 53.4 Å². The Morgan fingerprint density at radius 1 is 0.720 bits per heavy atom. The van der Waals surface area contributed by atoms with Crippen molar-refractivity contribution in [3.05, 3.63) is 35.7 Å². The molecule has 0 atom stereocenters. The van der Waals surface area contributed by atoms with Crippen molar-refractivity contribution >= 4 is 37.8 Å². The zero-order valence-electron chi connectivity index (χ0n) is 16.4. The molecule has 1 aromatic carbocycles. The fourth-order valence-electron chi connectivity index (χ4n) is 3.43. The van der Waals surface area contributed by atoms with Gasteiger partial charge in [0.15, 0.2) is 0 Å². The molecule has 0 saturated carbocycles. The fourth-order valence-corrected chi connectivity index (χ4v) is 11.3. The zero-order valence-corrected chi connectivity index (χ0v) is 19.0. The minimum Gasteiger partial charge on any atom is -0.142 e. The van der Waals surface area contributed by atoms with E-state index in [1.54, 1.807) is 15.5 Å². The zero-order chi connectivity index (χ0) is 18.1. The fraction of sp³-hybridized carbons (Fsp3) is 0.545. The predicted molar refractivity (Wildman–Crippen MR) is 123 cm³/mol. The van der Waals surface area contributed by atoms with Gasteiger partial charge in [0.25, 0.3) is 0 Å². The smallest absolute Gasteiger partial charge is 0.0426 e. The van der Waals surface area contributed by atoms with E-state index in [-0.39, 0.29) is 15.8 Å². The Morgan fingerprint density at radius 2 is 1.24 bits per heavy atom. The van der Waals surface area contributed by atoms with E-state index in [4.69, 9.17) is 0 Å². The molecule has 0 aliphatic carbocycles. The summed E-state index contributed by atoms with van der Waals surface area (Å²) in [6.45, 7) is 9.44. The van der Waals surface area contributed by atoms with E-state index in [9.17, 15) is 0 Å². The first-order valence-electron chi connectivity index (χ1n) is 9.93. The molecule has 0 amide bonds. The van der Waals surface area contributed by atoms with E-state index in [1.807, 2.05) is 11.3 Å². The summed E-state index contributed by atoms with van der Waals surface area (Å²) in [6, 6.07) is 11.2. The van der Waals surface area contributed by atoms with E-state index in [1.165, 1.54) is 55.9 Å². The Kier molecular flexibility index (Phi) is 9.69. The van der Waals surface area contributed by atoms with Gasteiger partial charge < -0.3 is 0 Å². The van der Waals surface area contributed by atoms with Crippen molar-refractivity contribution < 1.29 is 0 Å². The SMILES string of the molecule is CCCP(CCC)c1csc(-c2ccccc2)c1P(CCC)CCC. The first-order chi connectivity index (χ1) is 12.3. The summed E-state index contributed by atoms with van der Waals surface area (Å²) in [7, 11) is 0.0150. The number of thiophene rings is 1. The van der Waals surface area contributed by atoms with Crippen LogP contribution in [0, 0.1) is 0 Å². The summed E-state index contributed by atoms with van der Waals surface area (Å²) in [5, 5.41) is 6.12. The maximum Gasteiger partial charge on any atom is 0.0426 e. The first-order valence-corrected chi connectivity index (χ1v) is 14.2. The highest BCUT2D eigenvalue weighted by Crippen LogP contribution is 2.46. The molecule has 138 valence electrons. The maximum atomic E-state index is 2.55. The van der Waals surface area contributed by atoms with Gasteiger partial charge in [-0.2, -0.15) is 0 Å². The quantitative estimate of drug-likeness (QED) is 0.353. The summed E-state index contributed by atoms with van der Waals surface area (Å²) in [4.78, 5) is 1.59. The van der Waals surface area contributed by atoms with E-state index in [0.29, 0.717) is 0 Å². The lowest BCUT2D eigenvalue weighted by molar-refractivity contribution is 1.06. The predicted octanol–water partition coefficient (Wildman–Crippen LogP) is 7.27. The summed E-state index contributed by atoms with van der Waals surface area (Å²) < 4.78 is 0. The van der Waals surface area contributed by atoms with E-state index < -0.39 is 0 Å². The lowest BCUT2D eigenvalue weighted by Crippen LogP contribution is -2.23. The van der Waals surface area contributed by atoms with Crippen LogP contribution in [0.2, 0.25) is 0 Å². The summed E-state index contributed by atoms with van der Waals surface area (Å²) in [5.74, 6) is 0. The van der Waals surface area contributed by atoms with E-state index in [2.05, 4.69) is 63.4 Å². The van der Waals surface area contributed by atoms with E-state index >= 15 is 0 Å². The van der Waals surface area contributed by atoms with Crippen LogP contribution in [-0.4, -0.2) is 24.6 Å². The minimum atomic E-state index is -0.0114. The van der Waals surface area contributed by atoms with Gasteiger partial charge >= 0.3 is 0 Å². The largest absolute Gasteiger partial charge is 0.142 e. The molecule has 1 aromatic heterocycles. The molecule has 0 aliphatic heterocycles. The molecule has 0 radical (unpaired) electrons. The van der Waals surface area contributed by atoms with Gasteiger partial charge in [0.05, 0.1) is 0 Å². The molecule has 1 heterocycles. The molecule has 0 aliphatic rings. The van der Waals surface area contributed by atoms with Crippen molar-refractivity contribution in [2.45, 2.75) is 53.4 Å². The van der Waals surface area contributed by atoms with Gasteiger partial charge in [0, 0.05) is 10.2 Å². The molecule has 0 bridgehead atoms. The normalized spacial score (nSPS) is 11.6. The first kappa shape index (κ1) is 21.1. The van der Waals surface area contributed by atoms with Gasteiger partial charge in [0.1, 0.15) is 0 Å². The van der Waals surface area contributed by atoms with Gasteiger partial charge in [-0.05, 0) is 40.9 Å². The van der Waals surface area contributed by atoms with E-state index in [0.717, 1.165) is 0 Å². The van der Waals surface area contributed by atoms with Crippen LogP contribution in [-0.2, 0) is 0 Å². The molecule has 0 saturated heterocycles. The van der Waals surface area contributed by atoms with Crippen LogP contribution in [0.3, 0.4) is 0 Å². The van der Waals surface area contributed by atoms with Crippen molar-refractivity contribution in [1.29, 1.82) is 0 Å². The summed E-state index contributed by atoms with van der Waals surface area (Å²) in [5.41, 5.74) is 1.44. The lowest BCUT2D eigenvalue weighted by Gasteiger charge is -2.24. The minimum absolute atomic E-state index is 0.0114. The highest BCUT2D eigenvalue weighted by Gasteiger charge is 2.24. The Bertz CT molecular complexity index is 594. The highest BCUT2D eigenvalue weighted by atomic mass is 32.1. The molecule has 0 spiro atoms. The average molecular weight is 393 g/mol. The monoisotopic (exact) mass is 392 g/mol. The molecule has 2 aromatic rings. The molecule has 0 N–H and O–H groups in total. The van der Waals surface area contributed by atoms with Crippen LogP contribution in [0.5, 0.6) is 0 Å². The second kappa shape index (κ2) is 11.5. The molecule has 0 unspecified atom stereocenters. The molecular weight excluding hydrogens is 358 g/mol. The number of hydrogen-bond acceptors (Lipinski definition) is 1. The Labute approximate surface area is 162 Å². The highest BCUT2D eigenvalue weighted by molar-refractivity contribution is 7.73. The standard InChI is InChI=1S/C22H34P2S/c1-5-14-23(15-6-2)20-18-25-22(19-12-10-9-11-13-19)21(20)24(16-7-3)17-8-4/h9-13,18H,5-8,14-17H2,1-4H3. The number of hydrogen-bond donors (Lipinski definition) is 0. The van der Waals surface area contributed by atoms with Crippen LogP contribution in [0.4, 0.5) is 0 Å². The molecule has 3 heteroatoms. The van der Waals surface area contributed by atoms with Crippen molar-refractivity contribution in [2.24, 2.45) is 0 Å². The van der Waals surface area contributed by atoms with Crippen molar-refractivity contribution in [1.82, 2.24) is 0 Å². The number of rotatable bonds is 11. The topological polar surface area (TPSA) is 0 Å². The molecule has 0 nitrogen and oxygen atoms in total. The third-order valence-corrected chi connectivity index (χ3v) is 12.0. The van der Waals surface area contributed by atoms with Crippen molar-refractivity contribution in [3.63, 3.8) is 0 Å². The summed E-state index contributed by atoms with van der Waals surface area (Å²) in [6.07, 6.45) is 10.9. The molecule has 2 rings (SSSR count). The van der Waals surface area contributed by atoms with Crippen LogP contribution < -0.4 is 10.6 Å². The van der Waals surface area contributed by atoms with Crippen LogP contribution in [0.25, 0.3) is 10.4 Å². The van der Waals surface area contributed by atoms with Crippen molar-refractivity contribution in [3.8, 4) is 10.4 Å². The second-order valence-electron chi connectivity index (χ2n) is 6.64. The van der Waals surface area contributed by atoms with Gasteiger partial charge in [-0.25, -0.2) is 0 Å². The van der Waals surface area contributed by atoms with Gasteiger partial charge in [-0.15, -0.1) is 11.3 Å².